The maximum Gasteiger partial charge on any atom is 0.193 e. The first-order valence-electron chi connectivity index (χ1n) is 12.0. The molecule has 4 rings (SSSR count). The maximum atomic E-state index is 5.51. The van der Waals surface area contributed by atoms with Crippen LogP contribution in [0, 0.1) is 0 Å². The number of aliphatic imine (C=N–C) groups is 1. The van der Waals surface area contributed by atoms with Crippen LogP contribution in [-0.4, -0.2) is 111 Å². The summed E-state index contributed by atoms with van der Waals surface area (Å²) in [5.41, 5.74) is 2.72. The number of nitrogens with one attached hydrogen (secondary N) is 1. The van der Waals surface area contributed by atoms with E-state index in [0.717, 1.165) is 58.4 Å². The highest BCUT2D eigenvalue weighted by Gasteiger charge is 2.30. The SMILES string of the molecule is CCN1CCN(Cc2ccc(CNC(=NC)N3CCC(N4CCOCC4)C3)cc2)CC1.I. The number of ether oxygens (including phenoxy) is 1. The van der Waals surface area contributed by atoms with Crippen LogP contribution in [0.3, 0.4) is 0 Å². The zero-order chi connectivity index (χ0) is 21.5. The Balaban J connectivity index is 0.00000289. The number of morpholine rings is 1. The van der Waals surface area contributed by atoms with E-state index in [1.165, 1.54) is 50.3 Å². The van der Waals surface area contributed by atoms with E-state index in [2.05, 4.69) is 61.1 Å². The van der Waals surface area contributed by atoms with E-state index < -0.39 is 0 Å². The minimum absolute atomic E-state index is 0. The Hall–Kier alpha value is -0.940. The molecule has 1 N–H and O–H groups in total. The van der Waals surface area contributed by atoms with E-state index in [9.17, 15) is 0 Å². The molecule has 0 aromatic heterocycles. The van der Waals surface area contributed by atoms with Gasteiger partial charge in [-0.3, -0.25) is 14.8 Å². The molecule has 180 valence electrons. The number of likely N-dealkylation sites (N-methyl/N-ethyl adjacent to an activating group) is 1. The van der Waals surface area contributed by atoms with Crippen molar-refractivity contribution in [3.8, 4) is 0 Å². The monoisotopic (exact) mass is 556 g/mol. The lowest BCUT2D eigenvalue weighted by Crippen LogP contribution is -2.46. The zero-order valence-corrected chi connectivity index (χ0v) is 22.2. The number of benzene rings is 1. The lowest BCUT2D eigenvalue weighted by molar-refractivity contribution is 0.0195. The number of nitrogens with zero attached hydrogens (tertiary/aromatic N) is 5. The van der Waals surface area contributed by atoms with Gasteiger partial charge in [0, 0.05) is 78.5 Å². The van der Waals surface area contributed by atoms with Crippen LogP contribution in [-0.2, 0) is 17.8 Å². The second kappa shape index (κ2) is 13.1. The fourth-order valence-corrected chi connectivity index (χ4v) is 4.97. The van der Waals surface area contributed by atoms with Crippen LogP contribution in [0.25, 0.3) is 0 Å². The average Bonchev–Trinajstić information content (AvgIpc) is 3.32. The number of rotatable bonds is 6. The number of hydrogen-bond acceptors (Lipinski definition) is 5. The van der Waals surface area contributed by atoms with E-state index >= 15 is 0 Å². The van der Waals surface area contributed by atoms with Gasteiger partial charge in [0.15, 0.2) is 5.96 Å². The van der Waals surface area contributed by atoms with Gasteiger partial charge in [-0.05, 0) is 24.1 Å². The zero-order valence-electron chi connectivity index (χ0n) is 19.8. The predicted molar refractivity (Wildman–Crippen MR) is 142 cm³/mol. The van der Waals surface area contributed by atoms with Crippen LogP contribution in [0.4, 0.5) is 0 Å². The van der Waals surface area contributed by atoms with Crippen LogP contribution < -0.4 is 5.32 Å². The summed E-state index contributed by atoms with van der Waals surface area (Å²) in [6.07, 6.45) is 1.21. The van der Waals surface area contributed by atoms with Gasteiger partial charge in [0.1, 0.15) is 0 Å². The molecule has 3 fully saturated rings. The van der Waals surface area contributed by atoms with Crippen LogP contribution in [0.5, 0.6) is 0 Å². The molecule has 0 aliphatic carbocycles. The molecular weight excluding hydrogens is 515 g/mol. The quantitative estimate of drug-likeness (QED) is 0.329. The van der Waals surface area contributed by atoms with Crippen molar-refractivity contribution in [2.45, 2.75) is 32.5 Å². The first-order valence-corrected chi connectivity index (χ1v) is 12.0. The molecule has 3 saturated heterocycles. The molecule has 0 spiro atoms. The van der Waals surface area contributed by atoms with Crippen molar-refractivity contribution in [2.24, 2.45) is 4.99 Å². The lowest BCUT2D eigenvalue weighted by Gasteiger charge is -2.34. The van der Waals surface area contributed by atoms with Gasteiger partial charge in [0.2, 0.25) is 0 Å². The molecular formula is C24H41IN6O. The Labute approximate surface area is 211 Å². The second-order valence-electron chi connectivity index (χ2n) is 8.96. The minimum atomic E-state index is 0. The Bertz CT molecular complexity index is 701. The largest absolute Gasteiger partial charge is 0.379 e. The predicted octanol–water partition coefficient (Wildman–Crippen LogP) is 1.92. The Morgan fingerprint density at radius 3 is 2.28 bits per heavy atom. The highest BCUT2D eigenvalue weighted by atomic mass is 127. The molecule has 3 aliphatic heterocycles. The molecule has 8 heteroatoms. The molecule has 0 radical (unpaired) electrons. The van der Waals surface area contributed by atoms with Crippen molar-refractivity contribution >= 4 is 29.9 Å². The molecule has 3 heterocycles. The summed E-state index contributed by atoms with van der Waals surface area (Å²) in [4.78, 5) is 14.6. The first-order chi connectivity index (χ1) is 15.2. The van der Waals surface area contributed by atoms with Crippen molar-refractivity contribution in [3.05, 3.63) is 35.4 Å². The summed E-state index contributed by atoms with van der Waals surface area (Å²) >= 11 is 0. The fourth-order valence-electron chi connectivity index (χ4n) is 4.97. The van der Waals surface area contributed by atoms with Crippen LogP contribution in [0.2, 0.25) is 0 Å². The smallest absolute Gasteiger partial charge is 0.193 e. The maximum absolute atomic E-state index is 5.51. The molecule has 1 aromatic carbocycles. The van der Waals surface area contributed by atoms with Crippen molar-refractivity contribution in [1.29, 1.82) is 0 Å². The molecule has 7 nitrogen and oxygen atoms in total. The van der Waals surface area contributed by atoms with E-state index in [0.29, 0.717) is 6.04 Å². The molecule has 1 atom stereocenters. The van der Waals surface area contributed by atoms with Crippen LogP contribution >= 0.6 is 24.0 Å². The van der Waals surface area contributed by atoms with Crippen molar-refractivity contribution in [2.75, 3.05) is 79.2 Å². The fraction of sp³-hybridized carbons (Fsp3) is 0.708. The van der Waals surface area contributed by atoms with E-state index in [-0.39, 0.29) is 24.0 Å². The highest BCUT2D eigenvalue weighted by molar-refractivity contribution is 14.0. The number of piperazine rings is 1. The van der Waals surface area contributed by atoms with Crippen molar-refractivity contribution < 1.29 is 4.74 Å². The topological polar surface area (TPSA) is 46.6 Å². The molecule has 0 bridgehead atoms. The van der Waals surface area contributed by atoms with Gasteiger partial charge in [-0.2, -0.15) is 0 Å². The number of likely N-dealkylation sites (tertiary alicyclic amines) is 1. The van der Waals surface area contributed by atoms with E-state index in [1.807, 2.05) is 7.05 Å². The molecule has 3 aliphatic rings. The average molecular weight is 557 g/mol. The molecule has 0 saturated carbocycles. The van der Waals surface area contributed by atoms with Gasteiger partial charge < -0.3 is 19.9 Å². The third-order valence-corrected chi connectivity index (χ3v) is 7.03. The van der Waals surface area contributed by atoms with Gasteiger partial charge in [0.25, 0.3) is 0 Å². The standard InChI is InChI=1S/C24H40N6O.HI/c1-3-27-10-12-28(13-11-27)19-22-6-4-21(5-7-22)18-26-24(25-2)30-9-8-23(20-30)29-14-16-31-17-15-29;/h4-7,23H,3,8-20H2,1-2H3,(H,25,26);1H. The van der Waals surface area contributed by atoms with Gasteiger partial charge in [-0.25, -0.2) is 0 Å². The summed E-state index contributed by atoms with van der Waals surface area (Å²) in [6.45, 7) is 16.0. The first kappa shape index (κ1) is 25.7. The van der Waals surface area contributed by atoms with Gasteiger partial charge in [0.05, 0.1) is 13.2 Å². The van der Waals surface area contributed by atoms with Crippen molar-refractivity contribution in [3.63, 3.8) is 0 Å². The van der Waals surface area contributed by atoms with Gasteiger partial charge in [-0.1, -0.05) is 31.2 Å². The molecule has 1 aromatic rings. The Morgan fingerprint density at radius 2 is 1.62 bits per heavy atom. The molecule has 1 unspecified atom stereocenters. The molecule has 32 heavy (non-hydrogen) atoms. The summed E-state index contributed by atoms with van der Waals surface area (Å²) in [5.74, 6) is 1.02. The van der Waals surface area contributed by atoms with Gasteiger partial charge >= 0.3 is 0 Å². The Kier molecular flexibility index (Phi) is 10.5. The van der Waals surface area contributed by atoms with Gasteiger partial charge in [-0.15, -0.1) is 24.0 Å². The minimum Gasteiger partial charge on any atom is -0.379 e. The number of guanidine groups is 1. The summed E-state index contributed by atoms with van der Waals surface area (Å²) in [5, 5.41) is 3.58. The summed E-state index contributed by atoms with van der Waals surface area (Å²) in [7, 11) is 1.89. The highest BCUT2D eigenvalue weighted by Crippen LogP contribution is 2.17. The molecule has 0 amide bonds. The van der Waals surface area contributed by atoms with Crippen LogP contribution in [0.1, 0.15) is 24.5 Å². The van der Waals surface area contributed by atoms with Crippen LogP contribution in [0.15, 0.2) is 29.3 Å². The number of halogens is 1. The Morgan fingerprint density at radius 1 is 0.969 bits per heavy atom. The third kappa shape index (κ3) is 7.03. The lowest BCUT2D eigenvalue weighted by atomic mass is 10.1. The summed E-state index contributed by atoms with van der Waals surface area (Å²) in [6, 6.07) is 9.73. The van der Waals surface area contributed by atoms with Crippen molar-refractivity contribution in [1.82, 2.24) is 24.9 Å². The number of hydrogen-bond donors (Lipinski definition) is 1. The second-order valence-corrected chi connectivity index (χ2v) is 8.96. The normalized spacial score (nSPS) is 23.9. The van der Waals surface area contributed by atoms with E-state index in [1.54, 1.807) is 0 Å². The van der Waals surface area contributed by atoms with E-state index in [4.69, 9.17) is 4.74 Å². The summed E-state index contributed by atoms with van der Waals surface area (Å²) < 4.78 is 5.51. The third-order valence-electron chi connectivity index (χ3n) is 7.03.